The van der Waals surface area contributed by atoms with Crippen molar-refractivity contribution in [3.8, 4) is 11.8 Å². The molecule has 98 valence electrons. The number of aryl methyl sites for hydroxylation is 1. The molecule has 2 rings (SSSR count). The Morgan fingerprint density at radius 3 is 2.74 bits per heavy atom. The van der Waals surface area contributed by atoms with Crippen molar-refractivity contribution in [3.63, 3.8) is 0 Å². The Morgan fingerprint density at radius 1 is 1.26 bits per heavy atom. The molecule has 0 aliphatic heterocycles. The molecule has 0 radical (unpaired) electrons. The zero-order valence-corrected chi connectivity index (χ0v) is 12.1. The van der Waals surface area contributed by atoms with Crippen LogP contribution in [-0.4, -0.2) is 9.55 Å². The molecule has 0 N–H and O–H groups in total. The largest absolute Gasteiger partial charge is 0.324 e. The fourth-order valence-corrected chi connectivity index (χ4v) is 1.90. The SMILES string of the molecule is Cc1nc2ccccc2n1C/C=C/C#CC(C)(C)C. The first kappa shape index (κ1) is 13.4. The van der Waals surface area contributed by atoms with Crippen LogP contribution in [0.15, 0.2) is 36.4 Å². The van der Waals surface area contributed by atoms with E-state index in [1.807, 2.05) is 31.2 Å². The van der Waals surface area contributed by atoms with Gasteiger partial charge in [-0.1, -0.05) is 30.0 Å². The fraction of sp³-hybridized carbons (Fsp3) is 0.353. The van der Waals surface area contributed by atoms with Gasteiger partial charge >= 0.3 is 0 Å². The second-order valence-corrected chi connectivity index (χ2v) is 5.68. The average Bonchev–Trinajstić information content (AvgIpc) is 2.64. The van der Waals surface area contributed by atoms with Crippen LogP contribution in [0.25, 0.3) is 11.0 Å². The van der Waals surface area contributed by atoms with Gasteiger partial charge in [-0.3, -0.25) is 0 Å². The first-order chi connectivity index (χ1) is 8.97. The first-order valence-electron chi connectivity index (χ1n) is 6.57. The molecule has 2 heteroatoms. The van der Waals surface area contributed by atoms with Gasteiger partial charge < -0.3 is 4.57 Å². The second kappa shape index (κ2) is 5.32. The third-order valence-electron chi connectivity index (χ3n) is 2.78. The summed E-state index contributed by atoms with van der Waals surface area (Å²) in [5.41, 5.74) is 2.28. The van der Waals surface area contributed by atoms with Crippen molar-refractivity contribution in [3.05, 3.63) is 42.2 Å². The van der Waals surface area contributed by atoms with Gasteiger partial charge in [0.1, 0.15) is 5.82 Å². The Hall–Kier alpha value is -2.01. The van der Waals surface area contributed by atoms with Crippen molar-refractivity contribution in [2.45, 2.75) is 34.2 Å². The highest BCUT2D eigenvalue weighted by Crippen LogP contribution is 2.15. The van der Waals surface area contributed by atoms with E-state index in [-0.39, 0.29) is 5.41 Å². The molecule has 0 amide bonds. The summed E-state index contributed by atoms with van der Waals surface area (Å²) in [4.78, 5) is 4.54. The van der Waals surface area contributed by atoms with Gasteiger partial charge in [0.2, 0.25) is 0 Å². The van der Waals surface area contributed by atoms with E-state index in [2.05, 4.69) is 54.3 Å². The first-order valence-corrected chi connectivity index (χ1v) is 6.57. The summed E-state index contributed by atoms with van der Waals surface area (Å²) < 4.78 is 2.20. The van der Waals surface area contributed by atoms with E-state index in [1.54, 1.807) is 0 Å². The van der Waals surface area contributed by atoms with Crippen LogP contribution in [0.2, 0.25) is 0 Å². The molecule has 0 saturated carbocycles. The summed E-state index contributed by atoms with van der Waals surface area (Å²) in [6.07, 6.45) is 4.01. The van der Waals surface area contributed by atoms with Gasteiger partial charge in [0.25, 0.3) is 0 Å². The summed E-state index contributed by atoms with van der Waals surface area (Å²) in [6.45, 7) is 9.18. The summed E-state index contributed by atoms with van der Waals surface area (Å²) in [5.74, 6) is 7.32. The molecular formula is C17H20N2. The van der Waals surface area contributed by atoms with Crippen LogP contribution in [-0.2, 0) is 6.54 Å². The summed E-state index contributed by atoms with van der Waals surface area (Å²) in [6, 6.07) is 8.21. The topological polar surface area (TPSA) is 17.8 Å². The van der Waals surface area contributed by atoms with E-state index in [4.69, 9.17) is 0 Å². The predicted molar refractivity (Wildman–Crippen MR) is 80.8 cm³/mol. The normalized spacial score (nSPS) is 11.8. The highest BCUT2D eigenvalue weighted by atomic mass is 15.1. The molecule has 0 bridgehead atoms. The molecule has 0 aliphatic rings. The van der Waals surface area contributed by atoms with Crippen molar-refractivity contribution in [1.82, 2.24) is 9.55 Å². The van der Waals surface area contributed by atoms with Crippen molar-refractivity contribution < 1.29 is 0 Å². The van der Waals surface area contributed by atoms with Gasteiger partial charge in [-0.05, 0) is 45.9 Å². The number of benzene rings is 1. The lowest BCUT2D eigenvalue weighted by atomic mass is 9.98. The molecule has 0 spiro atoms. The van der Waals surface area contributed by atoms with Crippen molar-refractivity contribution >= 4 is 11.0 Å². The van der Waals surface area contributed by atoms with E-state index >= 15 is 0 Å². The molecule has 1 aromatic heterocycles. The summed E-state index contributed by atoms with van der Waals surface area (Å²) >= 11 is 0. The van der Waals surface area contributed by atoms with E-state index in [1.165, 1.54) is 5.52 Å². The zero-order valence-electron chi connectivity index (χ0n) is 12.1. The molecule has 0 atom stereocenters. The predicted octanol–water partition coefficient (Wildman–Crippen LogP) is 3.95. The lowest BCUT2D eigenvalue weighted by Gasteiger charge is -2.06. The minimum Gasteiger partial charge on any atom is -0.324 e. The molecule has 2 nitrogen and oxygen atoms in total. The van der Waals surface area contributed by atoms with Crippen LogP contribution in [0.3, 0.4) is 0 Å². The van der Waals surface area contributed by atoms with Crippen LogP contribution >= 0.6 is 0 Å². The lowest BCUT2D eigenvalue weighted by molar-refractivity contribution is 0.571. The number of fused-ring (bicyclic) bond motifs is 1. The van der Waals surface area contributed by atoms with Gasteiger partial charge in [0.05, 0.1) is 11.0 Å². The maximum Gasteiger partial charge on any atom is 0.107 e. The Kier molecular flexibility index (Phi) is 3.76. The summed E-state index contributed by atoms with van der Waals surface area (Å²) in [5, 5.41) is 0. The highest BCUT2D eigenvalue weighted by molar-refractivity contribution is 5.75. The Morgan fingerprint density at radius 2 is 2.00 bits per heavy atom. The molecule has 0 unspecified atom stereocenters. The Labute approximate surface area is 115 Å². The van der Waals surface area contributed by atoms with Crippen LogP contribution in [0, 0.1) is 24.2 Å². The molecule has 19 heavy (non-hydrogen) atoms. The van der Waals surface area contributed by atoms with Crippen LogP contribution in [0.4, 0.5) is 0 Å². The average molecular weight is 252 g/mol. The number of hydrogen-bond acceptors (Lipinski definition) is 1. The second-order valence-electron chi connectivity index (χ2n) is 5.68. The van der Waals surface area contributed by atoms with E-state index in [0.717, 1.165) is 17.9 Å². The number of para-hydroxylation sites is 2. The Balaban J connectivity index is 2.16. The van der Waals surface area contributed by atoms with E-state index in [0.29, 0.717) is 0 Å². The number of nitrogens with zero attached hydrogens (tertiary/aromatic N) is 2. The zero-order chi connectivity index (χ0) is 13.9. The standard InChI is InChI=1S/C17H20N2/c1-14-18-15-10-6-7-11-16(15)19(14)13-9-5-8-12-17(2,3)4/h5-7,9-11H,13H2,1-4H3/b9-5+. The molecule has 1 heterocycles. The fourth-order valence-electron chi connectivity index (χ4n) is 1.90. The van der Waals surface area contributed by atoms with Gasteiger partial charge in [-0.25, -0.2) is 4.98 Å². The van der Waals surface area contributed by atoms with Crippen molar-refractivity contribution in [2.75, 3.05) is 0 Å². The van der Waals surface area contributed by atoms with Gasteiger partial charge in [-0.2, -0.15) is 0 Å². The summed E-state index contributed by atoms with van der Waals surface area (Å²) in [7, 11) is 0. The van der Waals surface area contributed by atoms with Crippen LogP contribution in [0.5, 0.6) is 0 Å². The molecule has 1 aromatic carbocycles. The monoisotopic (exact) mass is 252 g/mol. The lowest BCUT2D eigenvalue weighted by Crippen LogP contribution is -1.99. The maximum atomic E-state index is 4.54. The van der Waals surface area contributed by atoms with Crippen LogP contribution in [0.1, 0.15) is 26.6 Å². The number of allylic oxidation sites excluding steroid dienone is 2. The number of aromatic nitrogens is 2. The third-order valence-corrected chi connectivity index (χ3v) is 2.78. The number of imidazole rings is 1. The third kappa shape index (κ3) is 3.48. The van der Waals surface area contributed by atoms with Gasteiger partial charge in [-0.15, -0.1) is 0 Å². The number of hydrogen-bond donors (Lipinski definition) is 0. The minimum atomic E-state index is 0.0575. The molecule has 0 aliphatic carbocycles. The minimum absolute atomic E-state index is 0.0575. The van der Waals surface area contributed by atoms with E-state index in [9.17, 15) is 0 Å². The number of rotatable bonds is 2. The van der Waals surface area contributed by atoms with E-state index < -0.39 is 0 Å². The highest BCUT2D eigenvalue weighted by Gasteiger charge is 2.04. The molecule has 0 saturated heterocycles. The van der Waals surface area contributed by atoms with Gasteiger partial charge in [0.15, 0.2) is 0 Å². The quantitative estimate of drug-likeness (QED) is 0.740. The molecular weight excluding hydrogens is 232 g/mol. The van der Waals surface area contributed by atoms with Crippen molar-refractivity contribution in [1.29, 1.82) is 0 Å². The van der Waals surface area contributed by atoms with Gasteiger partial charge in [0, 0.05) is 12.0 Å². The molecule has 2 aromatic rings. The Bertz CT molecular complexity index is 658. The maximum absolute atomic E-state index is 4.54. The van der Waals surface area contributed by atoms with Crippen LogP contribution < -0.4 is 0 Å². The molecule has 0 fully saturated rings. The smallest absolute Gasteiger partial charge is 0.107 e. The van der Waals surface area contributed by atoms with Crippen molar-refractivity contribution in [2.24, 2.45) is 5.41 Å².